The highest BCUT2D eigenvalue weighted by atomic mass is 16.6. The Morgan fingerprint density at radius 1 is 1.21 bits per heavy atom. The highest BCUT2D eigenvalue weighted by molar-refractivity contribution is 5.76. The molecule has 0 spiro atoms. The summed E-state index contributed by atoms with van der Waals surface area (Å²) in [6.07, 6.45) is 3.14. The summed E-state index contributed by atoms with van der Waals surface area (Å²) in [6, 6.07) is 4.13. The lowest BCUT2D eigenvalue weighted by atomic mass is 10.0. The maximum absolute atomic E-state index is 12.5. The van der Waals surface area contributed by atoms with E-state index < -0.39 is 5.60 Å². The molecule has 1 N–H and O–H groups in total. The highest BCUT2D eigenvalue weighted by Crippen LogP contribution is 2.27. The van der Waals surface area contributed by atoms with Crippen LogP contribution in [0.2, 0.25) is 0 Å². The fourth-order valence-corrected chi connectivity index (χ4v) is 5.06. The van der Waals surface area contributed by atoms with Gasteiger partial charge in [-0.3, -0.25) is 4.68 Å². The normalized spacial score (nSPS) is 19.9. The molecule has 38 heavy (non-hydrogen) atoms. The van der Waals surface area contributed by atoms with Gasteiger partial charge in [-0.25, -0.2) is 19.6 Å². The molecule has 3 aliphatic rings. The summed E-state index contributed by atoms with van der Waals surface area (Å²) in [5.41, 5.74) is 0.458. The summed E-state index contributed by atoms with van der Waals surface area (Å²) in [5, 5.41) is 17.4. The van der Waals surface area contributed by atoms with Gasteiger partial charge >= 0.3 is 12.1 Å². The van der Waals surface area contributed by atoms with Crippen LogP contribution in [0.25, 0.3) is 0 Å². The SMILES string of the molecule is CN1CCN([C@@H]2CCCN(c3cnc(C#N)c(Nc4cc5n(n4)CCN(C(=O)OC(C)(C)C)C5)n3)C2)C1=O. The van der Waals surface area contributed by atoms with E-state index in [1.807, 2.05) is 43.5 Å². The van der Waals surface area contributed by atoms with Crippen molar-refractivity contribution in [3.8, 4) is 6.07 Å². The first-order valence-electron chi connectivity index (χ1n) is 13.0. The Hall–Kier alpha value is -4.08. The third-order valence-corrected chi connectivity index (χ3v) is 6.97. The summed E-state index contributed by atoms with van der Waals surface area (Å²) in [6.45, 7) is 9.87. The van der Waals surface area contributed by atoms with Crippen molar-refractivity contribution in [2.24, 2.45) is 0 Å². The number of aromatic nitrogens is 4. The molecule has 0 unspecified atom stereocenters. The number of fused-ring (bicyclic) bond motifs is 1. The molecule has 0 bridgehead atoms. The minimum absolute atomic E-state index is 0.0686. The number of rotatable bonds is 4. The molecule has 0 radical (unpaired) electrons. The number of nitrogens with zero attached hydrogens (tertiary/aromatic N) is 9. The predicted octanol–water partition coefficient (Wildman–Crippen LogP) is 2.38. The molecule has 5 heterocycles. The maximum Gasteiger partial charge on any atom is 0.410 e. The van der Waals surface area contributed by atoms with Crippen LogP contribution in [0.15, 0.2) is 12.3 Å². The first-order chi connectivity index (χ1) is 18.1. The summed E-state index contributed by atoms with van der Waals surface area (Å²) < 4.78 is 7.34. The number of ether oxygens (including phenoxy) is 1. The van der Waals surface area contributed by atoms with Crippen LogP contribution in [0.3, 0.4) is 0 Å². The quantitative estimate of drug-likeness (QED) is 0.642. The van der Waals surface area contributed by atoms with E-state index in [-0.39, 0.29) is 23.9 Å². The molecule has 0 aliphatic carbocycles. The van der Waals surface area contributed by atoms with E-state index in [0.717, 1.165) is 38.2 Å². The molecule has 0 aromatic carbocycles. The number of likely N-dealkylation sites (N-methyl/N-ethyl adjacent to an activating group) is 1. The third kappa shape index (κ3) is 5.29. The number of nitrogens with one attached hydrogen (secondary N) is 1. The molecule has 202 valence electrons. The zero-order valence-electron chi connectivity index (χ0n) is 22.3. The minimum Gasteiger partial charge on any atom is -0.444 e. The van der Waals surface area contributed by atoms with Gasteiger partial charge in [-0.1, -0.05) is 0 Å². The Morgan fingerprint density at radius 2 is 2.03 bits per heavy atom. The second-order valence-electron chi connectivity index (χ2n) is 10.9. The average Bonchev–Trinajstić information content (AvgIpc) is 3.44. The van der Waals surface area contributed by atoms with E-state index in [2.05, 4.69) is 26.4 Å². The van der Waals surface area contributed by atoms with Crippen molar-refractivity contribution in [2.75, 3.05) is 50.0 Å². The molecular formula is C25H34N10O3. The number of nitriles is 1. The van der Waals surface area contributed by atoms with Crippen LogP contribution in [0.4, 0.5) is 27.0 Å². The zero-order valence-corrected chi connectivity index (χ0v) is 22.3. The number of carbonyl (C=O) groups is 2. The Kier molecular flexibility index (Phi) is 6.73. The van der Waals surface area contributed by atoms with Crippen molar-refractivity contribution in [1.82, 2.24) is 34.4 Å². The molecule has 1 atom stereocenters. The third-order valence-electron chi connectivity index (χ3n) is 6.97. The molecule has 2 aromatic rings. The van der Waals surface area contributed by atoms with Gasteiger partial charge in [-0.15, -0.1) is 0 Å². The maximum atomic E-state index is 12.5. The van der Waals surface area contributed by atoms with Crippen LogP contribution >= 0.6 is 0 Å². The van der Waals surface area contributed by atoms with Crippen LogP contribution in [0, 0.1) is 11.3 Å². The van der Waals surface area contributed by atoms with Crippen LogP contribution in [0.5, 0.6) is 0 Å². The predicted molar refractivity (Wildman–Crippen MR) is 139 cm³/mol. The van der Waals surface area contributed by atoms with Crippen molar-refractivity contribution in [3.05, 3.63) is 23.7 Å². The van der Waals surface area contributed by atoms with E-state index in [4.69, 9.17) is 9.72 Å². The van der Waals surface area contributed by atoms with Crippen LogP contribution < -0.4 is 10.2 Å². The monoisotopic (exact) mass is 522 g/mol. The number of anilines is 3. The van der Waals surface area contributed by atoms with Crippen molar-refractivity contribution >= 4 is 29.6 Å². The first-order valence-corrected chi connectivity index (χ1v) is 13.0. The molecule has 0 saturated carbocycles. The van der Waals surface area contributed by atoms with E-state index in [9.17, 15) is 14.9 Å². The largest absolute Gasteiger partial charge is 0.444 e. The average molecular weight is 523 g/mol. The molecule has 3 aliphatic heterocycles. The van der Waals surface area contributed by atoms with Gasteiger partial charge in [0.25, 0.3) is 0 Å². The van der Waals surface area contributed by atoms with Gasteiger partial charge < -0.3 is 29.7 Å². The number of piperidine rings is 1. The fourth-order valence-electron chi connectivity index (χ4n) is 5.06. The van der Waals surface area contributed by atoms with Gasteiger partial charge in [0.15, 0.2) is 17.3 Å². The van der Waals surface area contributed by atoms with Crippen molar-refractivity contribution < 1.29 is 14.3 Å². The summed E-state index contributed by atoms with van der Waals surface area (Å²) in [5.74, 6) is 1.50. The van der Waals surface area contributed by atoms with E-state index in [0.29, 0.717) is 43.6 Å². The topological polar surface area (TPSA) is 136 Å². The van der Waals surface area contributed by atoms with Crippen molar-refractivity contribution in [2.45, 2.75) is 58.3 Å². The molecule has 2 fully saturated rings. The zero-order chi connectivity index (χ0) is 27.0. The lowest BCUT2D eigenvalue weighted by molar-refractivity contribution is 0.0194. The number of urea groups is 1. The summed E-state index contributed by atoms with van der Waals surface area (Å²) in [7, 11) is 1.83. The lowest BCUT2D eigenvalue weighted by Gasteiger charge is -2.37. The van der Waals surface area contributed by atoms with Gasteiger partial charge in [0.05, 0.1) is 31.0 Å². The van der Waals surface area contributed by atoms with Crippen molar-refractivity contribution in [1.29, 1.82) is 5.26 Å². The Morgan fingerprint density at radius 3 is 2.74 bits per heavy atom. The van der Waals surface area contributed by atoms with E-state index in [1.54, 1.807) is 16.0 Å². The van der Waals surface area contributed by atoms with E-state index >= 15 is 0 Å². The standard InChI is InChI=1S/C25H34N10O3/c1-25(2,3)38-24(37)33-9-11-35-18(16-33)12-20(30-35)28-22-19(13-26)27-14-21(29-22)32-7-5-6-17(15-32)34-10-8-31(4)23(34)36/h12,14,17H,5-11,15-16H2,1-4H3,(H,28,29,30)/t17-/m1/s1. The first kappa shape index (κ1) is 25.6. The number of hydrogen-bond acceptors (Lipinski definition) is 9. The molecular weight excluding hydrogens is 488 g/mol. The minimum atomic E-state index is -0.562. The molecule has 13 nitrogen and oxygen atoms in total. The molecule has 2 saturated heterocycles. The van der Waals surface area contributed by atoms with Crippen LogP contribution in [0.1, 0.15) is 45.0 Å². The van der Waals surface area contributed by atoms with Gasteiger partial charge in [-0.05, 0) is 33.6 Å². The number of carbonyl (C=O) groups excluding carboxylic acids is 2. The smallest absolute Gasteiger partial charge is 0.410 e. The van der Waals surface area contributed by atoms with Crippen LogP contribution in [-0.2, 0) is 17.8 Å². The summed E-state index contributed by atoms with van der Waals surface area (Å²) in [4.78, 5) is 41.6. The van der Waals surface area contributed by atoms with Crippen molar-refractivity contribution in [3.63, 3.8) is 0 Å². The van der Waals surface area contributed by atoms with Gasteiger partial charge in [0.1, 0.15) is 17.5 Å². The fraction of sp³-hybridized carbons (Fsp3) is 0.600. The molecule has 5 rings (SSSR count). The second-order valence-corrected chi connectivity index (χ2v) is 10.9. The molecule has 2 aromatic heterocycles. The second kappa shape index (κ2) is 10.00. The molecule has 3 amide bonds. The Bertz CT molecular complexity index is 1260. The van der Waals surface area contributed by atoms with Crippen LogP contribution in [-0.4, -0.2) is 98.0 Å². The van der Waals surface area contributed by atoms with Gasteiger partial charge in [0, 0.05) is 45.8 Å². The highest BCUT2D eigenvalue weighted by Gasteiger charge is 2.35. The summed E-state index contributed by atoms with van der Waals surface area (Å²) >= 11 is 0. The number of hydrogen-bond donors (Lipinski definition) is 1. The van der Waals surface area contributed by atoms with Gasteiger partial charge in [-0.2, -0.15) is 10.4 Å². The Labute approximate surface area is 222 Å². The molecule has 13 heteroatoms. The van der Waals surface area contributed by atoms with Gasteiger partial charge in [0.2, 0.25) is 0 Å². The number of amides is 3. The lowest BCUT2D eigenvalue weighted by Crippen LogP contribution is -2.49. The Balaban J connectivity index is 1.30. The van der Waals surface area contributed by atoms with E-state index in [1.165, 1.54) is 0 Å².